The topological polar surface area (TPSA) is 78.9 Å². The second-order valence-corrected chi connectivity index (χ2v) is 23.4. The molecule has 0 saturated carbocycles. The van der Waals surface area contributed by atoms with Crippen molar-refractivity contribution in [2.24, 2.45) is 0 Å². The average molecular weight is 1140 g/mol. The predicted octanol–water partition coefficient (Wildman–Crippen LogP) is 24.4. The second kappa shape index (κ2) is 69.8. The van der Waals surface area contributed by atoms with Crippen molar-refractivity contribution in [2.75, 3.05) is 13.2 Å². The van der Waals surface area contributed by atoms with Crippen molar-refractivity contribution in [3.63, 3.8) is 0 Å². The molecule has 0 amide bonds. The zero-order valence-electron chi connectivity index (χ0n) is 54.2. The molecule has 0 fully saturated rings. The van der Waals surface area contributed by atoms with Crippen LogP contribution in [0.15, 0.2) is 97.2 Å². The molecule has 0 bridgehead atoms. The minimum atomic E-state index is -0.785. The van der Waals surface area contributed by atoms with E-state index in [9.17, 15) is 14.4 Å². The van der Waals surface area contributed by atoms with Crippen LogP contribution >= 0.6 is 0 Å². The van der Waals surface area contributed by atoms with E-state index in [0.29, 0.717) is 19.3 Å². The lowest BCUT2D eigenvalue weighted by Crippen LogP contribution is -2.30. The van der Waals surface area contributed by atoms with Crippen molar-refractivity contribution in [1.29, 1.82) is 0 Å². The van der Waals surface area contributed by atoms with E-state index < -0.39 is 6.10 Å². The van der Waals surface area contributed by atoms with Crippen LogP contribution < -0.4 is 0 Å². The summed E-state index contributed by atoms with van der Waals surface area (Å²) in [6.45, 7) is 6.46. The maximum Gasteiger partial charge on any atom is 0.306 e. The van der Waals surface area contributed by atoms with E-state index in [-0.39, 0.29) is 31.1 Å². The highest BCUT2D eigenvalue weighted by molar-refractivity contribution is 5.71. The molecule has 82 heavy (non-hydrogen) atoms. The van der Waals surface area contributed by atoms with Crippen LogP contribution in [0, 0.1) is 0 Å². The zero-order chi connectivity index (χ0) is 59.2. The third-order valence-corrected chi connectivity index (χ3v) is 15.3. The fraction of sp³-hybridized carbons (Fsp3) is 0.750. The number of rotatable bonds is 64. The molecule has 0 aromatic heterocycles. The Hall–Kier alpha value is -3.67. The van der Waals surface area contributed by atoms with Crippen molar-refractivity contribution >= 4 is 17.9 Å². The highest BCUT2D eigenvalue weighted by Gasteiger charge is 2.19. The molecule has 0 saturated heterocycles. The summed E-state index contributed by atoms with van der Waals surface area (Å²) in [6.07, 6.45) is 94.2. The van der Waals surface area contributed by atoms with Crippen molar-refractivity contribution in [2.45, 2.75) is 354 Å². The van der Waals surface area contributed by atoms with E-state index in [4.69, 9.17) is 14.2 Å². The first-order chi connectivity index (χ1) is 40.5. The minimum Gasteiger partial charge on any atom is -0.462 e. The Labute approximate surface area is 508 Å². The van der Waals surface area contributed by atoms with Crippen LogP contribution in [0.3, 0.4) is 0 Å². The number of hydrogen-bond donors (Lipinski definition) is 0. The Morgan fingerprint density at radius 1 is 0.256 bits per heavy atom. The van der Waals surface area contributed by atoms with Crippen molar-refractivity contribution in [1.82, 2.24) is 0 Å². The largest absolute Gasteiger partial charge is 0.462 e. The second-order valence-electron chi connectivity index (χ2n) is 23.4. The first kappa shape index (κ1) is 78.3. The molecule has 0 aliphatic heterocycles. The van der Waals surface area contributed by atoms with Crippen LogP contribution in [0.1, 0.15) is 348 Å². The van der Waals surface area contributed by atoms with E-state index in [1.165, 1.54) is 193 Å². The molecule has 0 N–H and O–H groups in total. The number of carbonyl (C=O) groups excluding carboxylic acids is 3. The van der Waals surface area contributed by atoms with Gasteiger partial charge in [-0.3, -0.25) is 14.4 Å². The van der Waals surface area contributed by atoms with Gasteiger partial charge in [-0.25, -0.2) is 0 Å². The van der Waals surface area contributed by atoms with Gasteiger partial charge in [0.05, 0.1) is 0 Å². The summed E-state index contributed by atoms with van der Waals surface area (Å²) in [5, 5.41) is 0. The van der Waals surface area contributed by atoms with E-state index in [2.05, 4.69) is 118 Å². The van der Waals surface area contributed by atoms with Crippen molar-refractivity contribution in [3.8, 4) is 0 Å². The molecule has 6 nitrogen and oxygen atoms in total. The number of esters is 3. The number of hydrogen-bond acceptors (Lipinski definition) is 6. The van der Waals surface area contributed by atoms with Gasteiger partial charge in [0.15, 0.2) is 6.10 Å². The summed E-state index contributed by atoms with van der Waals surface area (Å²) in [6, 6.07) is 0. The maximum absolute atomic E-state index is 13.0. The van der Waals surface area contributed by atoms with E-state index >= 15 is 0 Å². The molecule has 6 heteroatoms. The number of allylic oxidation sites excluding steroid dienone is 16. The van der Waals surface area contributed by atoms with Gasteiger partial charge in [-0.05, 0) is 96.3 Å². The van der Waals surface area contributed by atoms with Gasteiger partial charge >= 0.3 is 17.9 Å². The standard InChI is InChI=1S/C76H132O6/c1-4-7-10-13-16-19-22-25-28-31-34-36-37-38-39-40-43-45-48-51-54-57-60-63-66-69-75(78)81-72-73(71-80-74(77)68-65-62-59-56-53-50-47-44-41-33-30-27-24-21-18-15-12-9-6-3)82-76(79)70-67-64-61-58-55-52-49-46-42-35-32-29-26-23-20-17-14-11-8-5-2/h7,9-10,12,16,18-19,21,25,27-28,30,34,36,41,44,73H,4-6,8,11,13-15,17,20,22-24,26,29,31-33,35,37-40,42-43,45-72H2,1-3H3/b10-7-,12-9-,19-16-,21-18-,28-25-,30-27-,36-34-,44-41-. The molecule has 1 atom stereocenters. The highest BCUT2D eigenvalue weighted by atomic mass is 16.6. The Kier molecular flexibility index (Phi) is 66.7. The van der Waals surface area contributed by atoms with Crippen LogP contribution in [0.5, 0.6) is 0 Å². The summed E-state index contributed by atoms with van der Waals surface area (Å²) >= 11 is 0. The zero-order valence-corrected chi connectivity index (χ0v) is 54.2. The van der Waals surface area contributed by atoms with Gasteiger partial charge in [-0.1, -0.05) is 330 Å². The van der Waals surface area contributed by atoms with E-state index in [0.717, 1.165) is 116 Å². The quantitative estimate of drug-likeness (QED) is 0.0261. The van der Waals surface area contributed by atoms with Crippen molar-refractivity contribution < 1.29 is 28.6 Å². The average Bonchev–Trinajstić information content (AvgIpc) is 3.47. The maximum atomic E-state index is 13.0. The van der Waals surface area contributed by atoms with Gasteiger partial charge < -0.3 is 14.2 Å². The summed E-state index contributed by atoms with van der Waals surface area (Å²) in [5.74, 6) is -0.877. The van der Waals surface area contributed by atoms with Crippen LogP contribution in [-0.2, 0) is 28.6 Å². The lowest BCUT2D eigenvalue weighted by atomic mass is 10.0. The number of ether oxygens (including phenoxy) is 3. The smallest absolute Gasteiger partial charge is 0.306 e. The molecule has 1 unspecified atom stereocenters. The molecule has 0 aliphatic carbocycles. The normalized spacial score (nSPS) is 12.7. The molecular weight excluding hydrogens is 1010 g/mol. The number of unbranched alkanes of at least 4 members (excludes halogenated alkanes) is 37. The fourth-order valence-electron chi connectivity index (χ4n) is 10.1. The van der Waals surface area contributed by atoms with Gasteiger partial charge in [0, 0.05) is 19.3 Å². The molecule has 472 valence electrons. The minimum absolute atomic E-state index is 0.0801. The monoisotopic (exact) mass is 1140 g/mol. The molecule has 0 aromatic carbocycles. The first-order valence-electron chi connectivity index (χ1n) is 35.2. The summed E-state index contributed by atoms with van der Waals surface area (Å²) in [5.41, 5.74) is 0. The molecule has 0 radical (unpaired) electrons. The highest BCUT2D eigenvalue weighted by Crippen LogP contribution is 2.18. The molecular formula is C76H132O6. The first-order valence-corrected chi connectivity index (χ1v) is 35.2. The lowest BCUT2D eigenvalue weighted by molar-refractivity contribution is -0.167. The van der Waals surface area contributed by atoms with Gasteiger partial charge in [-0.2, -0.15) is 0 Å². The van der Waals surface area contributed by atoms with Gasteiger partial charge in [0.2, 0.25) is 0 Å². The summed E-state index contributed by atoms with van der Waals surface area (Å²) in [4.78, 5) is 38.5. The van der Waals surface area contributed by atoms with E-state index in [1.54, 1.807) is 0 Å². The fourth-order valence-corrected chi connectivity index (χ4v) is 10.1. The Morgan fingerprint density at radius 2 is 0.476 bits per heavy atom. The lowest BCUT2D eigenvalue weighted by Gasteiger charge is -2.18. The van der Waals surface area contributed by atoms with Crippen LogP contribution in [-0.4, -0.2) is 37.2 Å². The predicted molar refractivity (Wildman–Crippen MR) is 357 cm³/mol. The third kappa shape index (κ3) is 67.1. The van der Waals surface area contributed by atoms with Crippen LogP contribution in [0.25, 0.3) is 0 Å². The third-order valence-electron chi connectivity index (χ3n) is 15.3. The molecule has 0 aliphatic rings. The van der Waals surface area contributed by atoms with Gasteiger partial charge in [-0.15, -0.1) is 0 Å². The van der Waals surface area contributed by atoms with Gasteiger partial charge in [0.1, 0.15) is 13.2 Å². The summed E-state index contributed by atoms with van der Waals surface area (Å²) in [7, 11) is 0. The molecule has 0 rings (SSSR count). The van der Waals surface area contributed by atoms with Crippen molar-refractivity contribution in [3.05, 3.63) is 97.2 Å². The summed E-state index contributed by atoms with van der Waals surface area (Å²) < 4.78 is 17.0. The van der Waals surface area contributed by atoms with Crippen LogP contribution in [0.2, 0.25) is 0 Å². The molecule has 0 spiro atoms. The number of carbonyl (C=O) groups is 3. The van der Waals surface area contributed by atoms with Crippen LogP contribution in [0.4, 0.5) is 0 Å². The SMILES string of the molecule is CC/C=C\C/C=C\C/C=C\C/C=C\CCCCCCCCCCCCCCC(=O)OCC(COC(=O)CCCCCCCC/C=C\C/C=C\C/C=C\C/C=C\CC)OC(=O)CCCCCCCCCCCCCCCCCCCCCC. The van der Waals surface area contributed by atoms with E-state index in [1.807, 2.05) is 0 Å². The molecule has 0 aromatic rings. The Balaban J connectivity index is 4.36. The Bertz CT molecular complexity index is 1590. The molecule has 0 heterocycles. The Morgan fingerprint density at radius 3 is 0.744 bits per heavy atom. The van der Waals surface area contributed by atoms with Gasteiger partial charge in [0.25, 0.3) is 0 Å².